The van der Waals surface area contributed by atoms with Crippen LogP contribution in [0.1, 0.15) is 38.3 Å². The molecule has 3 nitrogen and oxygen atoms in total. The van der Waals surface area contributed by atoms with Gasteiger partial charge in [-0.1, -0.05) is 39.0 Å². The normalized spacial score (nSPS) is 12.5. The number of para-hydroxylation sites is 1. The van der Waals surface area contributed by atoms with Crippen LogP contribution in [0, 0.1) is 18.8 Å². The predicted molar refractivity (Wildman–Crippen MR) is 81.2 cm³/mol. The van der Waals surface area contributed by atoms with E-state index < -0.39 is 0 Å². The number of benzene rings is 1. The Morgan fingerprint density at radius 3 is 2.58 bits per heavy atom. The third-order valence-corrected chi connectivity index (χ3v) is 3.40. The smallest absolute Gasteiger partial charge is 0.228 e. The number of amides is 1. The Kier molecular flexibility index (Phi) is 6.03. The number of hydrogen-bond acceptors (Lipinski definition) is 2. The van der Waals surface area contributed by atoms with E-state index in [1.807, 2.05) is 19.1 Å². The van der Waals surface area contributed by atoms with Gasteiger partial charge in [-0.15, -0.1) is 0 Å². The maximum absolute atomic E-state index is 12.3. The monoisotopic (exact) mass is 262 g/mol. The minimum atomic E-state index is -0.107. The summed E-state index contributed by atoms with van der Waals surface area (Å²) in [6.07, 6.45) is 1.74. The van der Waals surface area contributed by atoms with E-state index in [0.717, 1.165) is 24.1 Å². The van der Waals surface area contributed by atoms with E-state index in [4.69, 9.17) is 5.73 Å². The van der Waals surface area contributed by atoms with Gasteiger partial charge in [-0.3, -0.25) is 4.79 Å². The lowest BCUT2D eigenvalue weighted by Gasteiger charge is -2.19. The highest BCUT2D eigenvalue weighted by atomic mass is 16.1. The van der Waals surface area contributed by atoms with Gasteiger partial charge in [-0.2, -0.15) is 0 Å². The molecule has 1 aromatic carbocycles. The average Bonchev–Trinajstić information content (AvgIpc) is 2.37. The Bertz CT molecular complexity index is 427. The fourth-order valence-electron chi connectivity index (χ4n) is 2.31. The zero-order valence-corrected chi connectivity index (χ0v) is 12.5. The Labute approximate surface area is 116 Å². The number of carbonyl (C=O) groups excluding carboxylic acids is 1. The molecule has 0 heterocycles. The van der Waals surface area contributed by atoms with Gasteiger partial charge >= 0.3 is 0 Å². The minimum absolute atomic E-state index is 0.0419. The number of rotatable bonds is 6. The summed E-state index contributed by atoms with van der Waals surface area (Å²) in [4.78, 5) is 12.3. The van der Waals surface area contributed by atoms with E-state index in [1.165, 1.54) is 5.56 Å². The van der Waals surface area contributed by atoms with Gasteiger partial charge in [-0.25, -0.2) is 0 Å². The second kappa shape index (κ2) is 7.29. The van der Waals surface area contributed by atoms with Crippen LogP contribution in [0.25, 0.3) is 0 Å². The number of aryl methyl sites for hydroxylation is 2. The number of nitrogens with one attached hydrogen (secondary N) is 1. The van der Waals surface area contributed by atoms with Gasteiger partial charge in [-0.05, 0) is 36.8 Å². The molecule has 1 unspecified atom stereocenters. The summed E-state index contributed by atoms with van der Waals surface area (Å²) in [5.41, 5.74) is 8.96. The lowest BCUT2D eigenvalue weighted by molar-refractivity contribution is -0.120. The van der Waals surface area contributed by atoms with Crippen molar-refractivity contribution < 1.29 is 4.79 Å². The van der Waals surface area contributed by atoms with Crippen molar-refractivity contribution in [2.24, 2.45) is 17.6 Å². The molecule has 0 saturated carbocycles. The molecule has 3 N–H and O–H groups in total. The van der Waals surface area contributed by atoms with Crippen LogP contribution < -0.4 is 11.1 Å². The van der Waals surface area contributed by atoms with Crippen molar-refractivity contribution in [1.29, 1.82) is 0 Å². The third-order valence-electron chi connectivity index (χ3n) is 3.40. The Hall–Kier alpha value is -1.35. The largest absolute Gasteiger partial charge is 0.330 e. The standard InChI is InChI=1S/C16H26N2O/c1-5-13-8-6-7-12(4)15(13)18-16(19)14(10-17)9-11(2)3/h6-8,11,14H,5,9-10,17H2,1-4H3,(H,18,19). The van der Waals surface area contributed by atoms with Gasteiger partial charge in [0.2, 0.25) is 5.91 Å². The molecule has 0 saturated heterocycles. The van der Waals surface area contributed by atoms with E-state index in [9.17, 15) is 4.79 Å². The van der Waals surface area contributed by atoms with Gasteiger partial charge in [0.05, 0.1) is 5.92 Å². The van der Waals surface area contributed by atoms with Crippen LogP contribution >= 0.6 is 0 Å². The lowest BCUT2D eigenvalue weighted by atomic mass is 9.96. The van der Waals surface area contributed by atoms with Gasteiger partial charge < -0.3 is 11.1 Å². The molecular weight excluding hydrogens is 236 g/mol. The molecule has 19 heavy (non-hydrogen) atoms. The fourth-order valence-corrected chi connectivity index (χ4v) is 2.31. The first-order valence-electron chi connectivity index (χ1n) is 7.09. The lowest BCUT2D eigenvalue weighted by Crippen LogP contribution is -2.31. The Morgan fingerprint density at radius 2 is 2.05 bits per heavy atom. The molecule has 0 bridgehead atoms. The molecular formula is C16H26N2O. The molecule has 1 aromatic rings. The zero-order chi connectivity index (χ0) is 14.4. The Morgan fingerprint density at radius 1 is 1.37 bits per heavy atom. The Balaban J connectivity index is 2.86. The molecule has 1 atom stereocenters. The van der Waals surface area contributed by atoms with Crippen LogP contribution in [0.15, 0.2) is 18.2 Å². The number of nitrogens with two attached hydrogens (primary N) is 1. The summed E-state index contributed by atoms with van der Waals surface area (Å²) in [5.74, 6) is 0.409. The maximum atomic E-state index is 12.3. The van der Waals surface area contributed by atoms with Crippen LogP contribution in [0.3, 0.4) is 0 Å². The molecule has 0 aromatic heterocycles. The summed E-state index contributed by atoms with van der Waals surface area (Å²) in [7, 11) is 0. The van der Waals surface area contributed by atoms with Crippen molar-refractivity contribution in [1.82, 2.24) is 0 Å². The molecule has 3 heteroatoms. The van der Waals surface area contributed by atoms with Crippen LogP contribution in [-0.2, 0) is 11.2 Å². The first-order valence-corrected chi connectivity index (χ1v) is 7.09. The predicted octanol–water partition coefficient (Wildman–Crippen LogP) is 3.12. The molecule has 1 amide bonds. The molecule has 1 rings (SSSR count). The third kappa shape index (κ3) is 4.35. The van der Waals surface area contributed by atoms with Gasteiger partial charge in [0.15, 0.2) is 0 Å². The number of anilines is 1. The highest BCUT2D eigenvalue weighted by molar-refractivity contribution is 5.94. The second-order valence-electron chi connectivity index (χ2n) is 5.51. The molecule has 0 fully saturated rings. The topological polar surface area (TPSA) is 55.1 Å². The second-order valence-corrected chi connectivity index (χ2v) is 5.51. The molecule has 0 aliphatic heterocycles. The van der Waals surface area contributed by atoms with Crippen molar-refractivity contribution in [3.8, 4) is 0 Å². The van der Waals surface area contributed by atoms with E-state index in [0.29, 0.717) is 12.5 Å². The fraction of sp³-hybridized carbons (Fsp3) is 0.562. The van der Waals surface area contributed by atoms with Crippen molar-refractivity contribution in [2.75, 3.05) is 11.9 Å². The average molecular weight is 262 g/mol. The zero-order valence-electron chi connectivity index (χ0n) is 12.5. The van der Waals surface area contributed by atoms with Gasteiger partial charge in [0, 0.05) is 12.2 Å². The molecule has 0 aliphatic carbocycles. The molecule has 0 aliphatic rings. The van der Waals surface area contributed by atoms with E-state index >= 15 is 0 Å². The maximum Gasteiger partial charge on any atom is 0.228 e. The van der Waals surface area contributed by atoms with Crippen LogP contribution in [0.2, 0.25) is 0 Å². The summed E-state index contributed by atoms with van der Waals surface area (Å²) >= 11 is 0. The summed E-state index contributed by atoms with van der Waals surface area (Å²) in [6.45, 7) is 8.74. The summed E-state index contributed by atoms with van der Waals surface area (Å²) in [5, 5.41) is 3.07. The van der Waals surface area contributed by atoms with Crippen molar-refractivity contribution in [3.63, 3.8) is 0 Å². The minimum Gasteiger partial charge on any atom is -0.330 e. The number of hydrogen-bond donors (Lipinski definition) is 2. The summed E-state index contributed by atoms with van der Waals surface area (Å²) < 4.78 is 0. The van der Waals surface area contributed by atoms with Gasteiger partial charge in [0.25, 0.3) is 0 Å². The van der Waals surface area contributed by atoms with Crippen LogP contribution in [-0.4, -0.2) is 12.5 Å². The van der Waals surface area contributed by atoms with Crippen LogP contribution in [0.4, 0.5) is 5.69 Å². The van der Waals surface area contributed by atoms with Crippen molar-refractivity contribution in [2.45, 2.75) is 40.5 Å². The first-order chi connectivity index (χ1) is 8.99. The highest BCUT2D eigenvalue weighted by Gasteiger charge is 2.19. The molecule has 106 valence electrons. The first kappa shape index (κ1) is 15.7. The SMILES string of the molecule is CCc1cccc(C)c1NC(=O)C(CN)CC(C)C. The molecule has 0 radical (unpaired) electrons. The van der Waals surface area contributed by atoms with Gasteiger partial charge in [0.1, 0.15) is 0 Å². The van der Waals surface area contributed by atoms with Crippen molar-refractivity contribution >= 4 is 11.6 Å². The highest BCUT2D eigenvalue weighted by Crippen LogP contribution is 2.22. The number of carbonyl (C=O) groups is 1. The van der Waals surface area contributed by atoms with E-state index in [2.05, 4.69) is 32.2 Å². The molecule has 0 spiro atoms. The van der Waals surface area contributed by atoms with E-state index in [-0.39, 0.29) is 11.8 Å². The summed E-state index contributed by atoms with van der Waals surface area (Å²) in [6, 6.07) is 6.11. The van der Waals surface area contributed by atoms with Crippen LogP contribution in [0.5, 0.6) is 0 Å². The quantitative estimate of drug-likeness (QED) is 0.827. The van der Waals surface area contributed by atoms with Crippen molar-refractivity contribution in [3.05, 3.63) is 29.3 Å². The van der Waals surface area contributed by atoms with E-state index in [1.54, 1.807) is 0 Å².